The Hall–Kier alpha value is -1.42. The van der Waals surface area contributed by atoms with Crippen molar-refractivity contribution in [2.45, 2.75) is 19.9 Å². The fourth-order valence-corrected chi connectivity index (χ4v) is 0.975. The zero-order valence-corrected chi connectivity index (χ0v) is 8.17. The average Bonchev–Trinajstić information content (AvgIpc) is 2.11. The standard InChI is InChI=1S/C10H13FN2O/c1-6-3-4-8(11)5-9(6)13-10(14)7(2)12/h3-5,7H,12H2,1-2H3,(H,13,14)/t7-/m0/s1. The van der Waals surface area contributed by atoms with Crippen molar-refractivity contribution in [1.29, 1.82) is 0 Å². The molecule has 0 spiro atoms. The molecule has 0 aliphatic heterocycles. The number of nitrogens with two attached hydrogens (primary N) is 1. The van der Waals surface area contributed by atoms with Gasteiger partial charge in [-0.3, -0.25) is 4.79 Å². The van der Waals surface area contributed by atoms with Gasteiger partial charge in [0.25, 0.3) is 0 Å². The highest BCUT2D eigenvalue weighted by molar-refractivity contribution is 5.94. The van der Waals surface area contributed by atoms with Crippen molar-refractivity contribution in [3.8, 4) is 0 Å². The van der Waals surface area contributed by atoms with Crippen LogP contribution in [0.2, 0.25) is 0 Å². The van der Waals surface area contributed by atoms with Crippen LogP contribution in [0.15, 0.2) is 18.2 Å². The number of hydrogen-bond donors (Lipinski definition) is 2. The minimum atomic E-state index is -0.599. The van der Waals surface area contributed by atoms with Gasteiger partial charge >= 0.3 is 0 Å². The van der Waals surface area contributed by atoms with Gasteiger partial charge < -0.3 is 11.1 Å². The number of amides is 1. The number of nitrogens with one attached hydrogen (secondary N) is 1. The van der Waals surface area contributed by atoms with Crippen molar-refractivity contribution < 1.29 is 9.18 Å². The van der Waals surface area contributed by atoms with Crippen LogP contribution >= 0.6 is 0 Å². The highest BCUT2D eigenvalue weighted by Crippen LogP contribution is 2.15. The van der Waals surface area contributed by atoms with Crippen LogP contribution in [0.5, 0.6) is 0 Å². The molecule has 4 heteroatoms. The van der Waals surface area contributed by atoms with Gasteiger partial charge in [0.1, 0.15) is 5.82 Å². The van der Waals surface area contributed by atoms with E-state index in [-0.39, 0.29) is 11.7 Å². The highest BCUT2D eigenvalue weighted by Gasteiger charge is 2.09. The molecular formula is C10H13FN2O. The summed E-state index contributed by atoms with van der Waals surface area (Å²) in [6, 6.07) is 3.62. The number of anilines is 1. The Bertz CT molecular complexity index is 350. The number of carbonyl (C=O) groups is 1. The van der Waals surface area contributed by atoms with Gasteiger partial charge in [0.2, 0.25) is 5.91 Å². The van der Waals surface area contributed by atoms with E-state index < -0.39 is 6.04 Å². The number of aryl methyl sites for hydroxylation is 1. The van der Waals surface area contributed by atoms with Crippen LogP contribution in [0.4, 0.5) is 10.1 Å². The first-order valence-corrected chi connectivity index (χ1v) is 4.33. The van der Waals surface area contributed by atoms with E-state index in [1.807, 2.05) is 0 Å². The van der Waals surface area contributed by atoms with Gasteiger partial charge in [-0.05, 0) is 31.5 Å². The quantitative estimate of drug-likeness (QED) is 0.751. The van der Waals surface area contributed by atoms with E-state index in [0.29, 0.717) is 5.69 Å². The molecule has 0 aliphatic carbocycles. The van der Waals surface area contributed by atoms with Gasteiger partial charge in [-0.25, -0.2) is 4.39 Å². The Morgan fingerprint density at radius 2 is 2.21 bits per heavy atom. The summed E-state index contributed by atoms with van der Waals surface area (Å²) in [6.45, 7) is 3.36. The van der Waals surface area contributed by atoms with E-state index in [1.54, 1.807) is 19.9 Å². The predicted octanol–water partition coefficient (Wildman–Crippen LogP) is 1.42. The monoisotopic (exact) mass is 196 g/mol. The van der Waals surface area contributed by atoms with Crippen molar-refractivity contribution in [1.82, 2.24) is 0 Å². The Balaban J connectivity index is 2.86. The Morgan fingerprint density at radius 3 is 2.79 bits per heavy atom. The summed E-state index contributed by atoms with van der Waals surface area (Å²) in [7, 11) is 0. The summed E-state index contributed by atoms with van der Waals surface area (Å²) in [5.74, 6) is -0.700. The molecule has 1 amide bonds. The molecule has 76 valence electrons. The van der Waals surface area contributed by atoms with Crippen LogP contribution in [-0.2, 0) is 4.79 Å². The Kier molecular flexibility index (Phi) is 3.19. The number of halogens is 1. The second kappa shape index (κ2) is 4.19. The van der Waals surface area contributed by atoms with Crippen molar-refractivity contribution >= 4 is 11.6 Å². The third-order valence-electron chi connectivity index (χ3n) is 1.87. The summed E-state index contributed by atoms with van der Waals surface area (Å²) in [4.78, 5) is 11.2. The number of benzene rings is 1. The molecule has 0 aromatic heterocycles. The lowest BCUT2D eigenvalue weighted by Crippen LogP contribution is -2.32. The fraction of sp³-hybridized carbons (Fsp3) is 0.300. The molecule has 14 heavy (non-hydrogen) atoms. The maximum Gasteiger partial charge on any atom is 0.241 e. The lowest BCUT2D eigenvalue weighted by Gasteiger charge is -2.10. The summed E-state index contributed by atoms with van der Waals surface area (Å²) in [6.07, 6.45) is 0. The first kappa shape index (κ1) is 10.7. The van der Waals surface area contributed by atoms with E-state index in [9.17, 15) is 9.18 Å². The number of carbonyl (C=O) groups excluding carboxylic acids is 1. The predicted molar refractivity (Wildman–Crippen MR) is 53.4 cm³/mol. The number of hydrogen-bond acceptors (Lipinski definition) is 2. The molecule has 1 aromatic rings. The molecule has 0 saturated heterocycles. The molecule has 0 radical (unpaired) electrons. The molecule has 1 atom stereocenters. The van der Waals surface area contributed by atoms with Crippen LogP contribution in [0.25, 0.3) is 0 Å². The maximum atomic E-state index is 12.8. The Morgan fingerprint density at radius 1 is 1.57 bits per heavy atom. The van der Waals surface area contributed by atoms with Crippen molar-refractivity contribution in [2.24, 2.45) is 5.73 Å². The molecule has 0 aliphatic rings. The highest BCUT2D eigenvalue weighted by atomic mass is 19.1. The first-order chi connectivity index (χ1) is 6.50. The molecular weight excluding hydrogens is 183 g/mol. The van der Waals surface area contributed by atoms with Gasteiger partial charge in [0, 0.05) is 5.69 Å². The zero-order valence-electron chi connectivity index (χ0n) is 8.17. The smallest absolute Gasteiger partial charge is 0.241 e. The fourth-order valence-electron chi connectivity index (χ4n) is 0.975. The zero-order chi connectivity index (χ0) is 10.7. The van der Waals surface area contributed by atoms with E-state index in [4.69, 9.17) is 5.73 Å². The largest absolute Gasteiger partial charge is 0.324 e. The summed E-state index contributed by atoms with van der Waals surface area (Å²) < 4.78 is 12.8. The lowest BCUT2D eigenvalue weighted by atomic mass is 10.2. The molecule has 0 heterocycles. The molecule has 3 nitrogen and oxygen atoms in total. The van der Waals surface area contributed by atoms with E-state index in [0.717, 1.165) is 5.56 Å². The minimum absolute atomic E-state index is 0.321. The molecule has 0 bridgehead atoms. The molecule has 0 fully saturated rings. The van der Waals surface area contributed by atoms with Gasteiger partial charge in [-0.15, -0.1) is 0 Å². The minimum Gasteiger partial charge on any atom is -0.324 e. The molecule has 0 unspecified atom stereocenters. The summed E-state index contributed by atoms with van der Waals surface area (Å²) in [5.41, 5.74) is 6.64. The molecule has 1 rings (SSSR count). The van der Waals surface area contributed by atoms with Crippen LogP contribution in [0, 0.1) is 12.7 Å². The molecule has 3 N–H and O–H groups in total. The second-order valence-electron chi connectivity index (χ2n) is 3.24. The van der Waals surface area contributed by atoms with Crippen LogP contribution < -0.4 is 11.1 Å². The Labute approximate surface area is 82.1 Å². The molecule has 0 saturated carbocycles. The summed E-state index contributed by atoms with van der Waals surface area (Å²) in [5, 5.41) is 2.55. The molecule has 1 aromatic carbocycles. The van der Waals surface area contributed by atoms with Crippen molar-refractivity contribution in [2.75, 3.05) is 5.32 Å². The topological polar surface area (TPSA) is 55.1 Å². The SMILES string of the molecule is Cc1ccc(F)cc1NC(=O)[C@H](C)N. The van der Waals surface area contributed by atoms with Gasteiger partial charge in [0.15, 0.2) is 0 Å². The van der Waals surface area contributed by atoms with Crippen LogP contribution in [0.1, 0.15) is 12.5 Å². The number of rotatable bonds is 2. The maximum absolute atomic E-state index is 12.8. The average molecular weight is 196 g/mol. The third-order valence-corrected chi connectivity index (χ3v) is 1.87. The van der Waals surface area contributed by atoms with Crippen molar-refractivity contribution in [3.63, 3.8) is 0 Å². The lowest BCUT2D eigenvalue weighted by molar-refractivity contribution is -0.117. The van der Waals surface area contributed by atoms with Gasteiger partial charge in [0.05, 0.1) is 6.04 Å². The van der Waals surface area contributed by atoms with Crippen molar-refractivity contribution in [3.05, 3.63) is 29.6 Å². The van der Waals surface area contributed by atoms with Crippen LogP contribution in [-0.4, -0.2) is 11.9 Å². The van der Waals surface area contributed by atoms with E-state index in [2.05, 4.69) is 5.32 Å². The van der Waals surface area contributed by atoms with E-state index >= 15 is 0 Å². The van der Waals surface area contributed by atoms with Gasteiger partial charge in [-0.2, -0.15) is 0 Å². The second-order valence-corrected chi connectivity index (χ2v) is 3.24. The van der Waals surface area contributed by atoms with Crippen LogP contribution in [0.3, 0.4) is 0 Å². The third kappa shape index (κ3) is 2.53. The first-order valence-electron chi connectivity index (χ1n) is 4.33. The van der Waals surface area contributed by atoms with Gasteiger partial charge in [-0.1, -0.05) is 6.07 Å². The summed E-state index contributed by atoms with van der Waals surface area (Å²) >= 11 is 0. The normalized spacial score (nSPS) is 12.3. The van der Waals surface area contributed by atoms with E-state index in [1.165, 1.54) is 12.1 Å².